The summed E-state index contributed by atoms with van der Waals surface area (Å²) in [5.74, 6) is -5.65. The van der Waals surface area contributed by atoms with Crippen LogP contribution in [0.2, 0.25) is 0 Å². The molecule has 1 amide bonds. The Balaban J connectivity index is 1.52. The molecule has 2 aliphatic heterocycles. The number of carbonyl (C=O) groups excluding carboxylic acids is 1. The Morgan fingerprint density at radius 2 is 2.00 bits per heavy atom. The van der Waals surface area contributed by atoms with Crippen molar-refractivity contribution in [3.8, 4) is 17.0 Å². The predicted molar refractivity (Wildman–Crippen MR) is 129 cm³/mol. The number of ether oxygens (including phenoxy) is 2. The Hall–Kier alpha value is -2.67. The summed E-state index contributed by atoms with van der Waals surface area (Å²) in [6.07, 6.45) is 0.503. The van der Waals surface area contributed by atoms with E-state index < -0.39 is 46.2 Å². The Bertz CT molecular complexity index is 1330. The van der Waals surface area contributed by atoms with E-state index in [1.165, 1.54) is 24.3 Å². The molecule has 1 aromatic heterocycles. The number of nitrogens with zero attached hydrogens (tertiary/aromatic N) is 2. The molecule has 0 saturated carbocycles. The smallest absolute Gasteiger partial charge is 0.387 e. The summed E-state index contributed by atoms with van der Waals surface area (Å²) in [7, 11) is -3.31. The first-order chi connectivity index (χ1) is 17.9. The molecule has 5 rings (SSSR count). The van der Waals surface area contributed by atoms with Gasteiger partial charge in [0.05, 0.1) is 28.6 Å². The highest BCUT2D eigenvalue weighted by Crippen LogP contribution is 2.48. The van der Waals surface area contributed by atoms with Crippen LogP contribution < -0.4 is 10.1 Å². The van der Waals surface area contributed by atoms with Crippen LogP contribution in [0.15, 0.2) is 24.3 Å². The Morgan fingerprint density at radius 3 is 2.66 bits per heavy atom. The van der Waals surface area contributed by atoms with Gasteiger partial charge in [-0.15, -0.1) is 0 Å². The molecule has 0 radical (unpaired) electrons. The van der Waals surface area contributed by atoms with Gasteiger partial charge in [-0.2, -0.15) is 13.9 Å². The van der Waals surface area contributed by atoms with Crippen molar-refractivity contribution in [2.75, 3.05) is 24.7 Å². The lowest BCUT2D eigenvalue weighted by Crippen LogP contribution is -2.51. The minimum absolute atomic E-state index is 0.0167. The molecule has 2 saturated heterocycles. The van der Waals surface area contributed by atoms with Gasteiger partial charge in [0.15, 0.2) is 9.84 Å². The second-order valence-corrected chi connectivity index (χ2v) is 12.8. The van der Waals surface area contributed by atoms with Crippen LogP contribution in [0, 0.1) is 5.92 Å². The van der Waals surface area contributed by atoms with Gasteiger partial charge in [-0.1, -0.05) is 12.1 Å². The third-order valence-corrected chi connectivity index (χ3v) is 9.39. The van der Waals surface area contributed by atoms with Crippen LogP contribution >= 0.6 is 0 Å². The van der Waals surface area contributed by atoms with Gasteiger partial charge in [0, 0.05) is 43.2 Å². The second-order valence-electron chi connectivity index (χ2n) is 10.6. The van der Waals surface area contributed by atoms with Crippen LogP contribution in [0.25, 0.3) is 11.3 Å². The number of carbonyl (C=O) groups is 1. The van der Waals surface area contributed by atoms with E-state index >= 15 is 8.78 Å². The van der Waals surface area contributed by atoms with E-state index in [0.717, 1.165) is 0 Å². The van der Waals surface area contributed by atoms with Gasteiger partial charge < -0.3 is 14.8 Å². The monoisotopic (exact) mass is 559 g/mol. The van der Waals surface area contributed by atoms with Crippen LogP contribution in [0.3, 0.4) is 0 Å². The lowest BCUT2D eigenvalue weighted by Gasteiger charge is -2.33. The Kier molecular flexibility index (Phi) is 6.95. The van der Waals surface area contributed by atoms with Gasteiger partial charge in [0.2, 0.25) is 5.91 Å². The molecule has 3 aliphatic rings. The molecule has 13 heteroatoms. The van der Waals surface area contributed by atoms with Crippen molar-refractivity contribution in [3.63, 3.8) is 0 Å². The number of hydrogen-bond acceptors (Lipinski definition) is 6. The van der Waals surface area contributed by atoms with Crippen LogP contribution in [0.4, 0.5) is 17.6 Å². The molecular formula is C25H29F4N3O5S. The maximum atomic E-state index is 15.9. The highest BCUT2D eigenvalue weighted by atomic mass is 32.2. The average molecular weight is 560 g/mol. The van der Waals surface area contributed by atoms with Gasteiger partial charge in [-0.25, -0.2) is 17.2 Å². The molecule has 2 unspecified atom stereocenters. The Morgan fingerprint density at radius 1 is 1.26 bits per heavy atom. The molecule has 208 valence electrons. The summed E-state index contributed by atoms with van der Waals surface area (Å²) in [6.45, 7) is -0.601. The zero-order chi connectivity index (χ0) is 27.3. The molecule has 1 aliphatic carbocycles. The quantitative estimate of drug-likeness (QED) is 0.540. The number of halogens is 4. The summed E-state index contributed by atoms with van der Waals surface area (Å²) in [4.78, 5) is 13.2. The molecule has 2 aromatic rings. The number of benzene rings is 1. The van der Waals surface area contributed by atoms with E-state index in [0.29, 0.717) is 26.1 Å². The highest BCUT2D eigenvalue weighted by Gasteiger charge is 2.50. The van der Waals surface area contributed by atoms with Crippen molar-refractivity contribution in [3.05, 3.63) is 35.5 Å². The molecule has 0 spiro atoms. The maximum absolute atomic E-state index is 15.9. The number of aromatic nitrogens is 2. The van der Waals surface area contributed by atoms with Gasteiger partial charge in [0.1, 0.15) is 11.4 Å². The lowest BCUT2D eigenvalue weighted by atomic mass is 9.81. The van der Waals surface area contributed by atoms with Crippen molar-refractivity contribution in [2.45, 2.75) is 63.1 Å². The van der Waals surface area contributed by atoms with E-state index in [1.54, 1.807) is 11.6 Å². The summed E-state index contributed by atoms with van der Waals surface area (Å²) < 4.78 is 92.7. The third kappa shape index (κ3) is 5.40. The summed E-state index contributed by atoms with van der Waals surface area (Å²) in [5.41, 5.74) is -0.951. The van der Waals surface area contributed by atoms with Crippen molar-refractivity contribution >= 4 is 15.7 Å². The lowest BCUT2D eigenvalue weighted by molar-refractivity contribution is -0.131. The third-order valence-electron chi connectivity index (χ3n) is 7.49. The number of nitrogens with one attached hydrogen (secondary N) is 1. The fourth-order valence-electron chi connectivity index (χ4n) is 5.71. The van der Waals surface area contributed by atoms with Crippen LogP contribution in [0.5, 0.6) is 5.75 Å². The van der Waals surface area contributed by atoms with Gasteiger partial charge in [-0.05, 0) is 38.3 Å². The molecule has 0 bridgehead atoms. The van der Waals surface area contributed by atoms with Crippen LogP contribution in [-0.4, -0.2) is 61.0 Å². The van der Waals surface area contributed by atoms with E-state index in [-0.39, 0.29) is 58.7 Å². The molecule has 38 heavy (non-hydrogen) atoms. The molecule has 8 nitrogen and oxygen atoms in total. The fraction of sp³-hybridized carbons (Fsp3) is 0.600. The molecule has 1 aromatic carbocycles. The first-order valence-corrected chi connectivity index (χ1v) is 14.3. The Labute approximate surface area is 217 Å². The SMILES string of the molecule is CC1(NC(=O)C2Cc3c(c(-c4cccc(OC(F)F)c4)nn3C3CCOCC3)C(F)(F)C2)CCS(=O)(=O)C1. The number of hydrogen-bond donors (Lipinski definition) is 1. The standard InChI is InChI=1S/C25H29F4N3O5S/c1-24(7-10-38(34,35)14-24)30-22(33)16-12-19-20(25(28,29)13-16)21(31-32(19)17-5-8-36-9-6-17)15-3-2-4-18(11-15)37-23(26)27/h2-4,11,16-17,23H,5-10,12-14H2,1H3,(H,30,33). The molecular weight excluding hydrogens is 530 g/mol. The molecule has 3 heterocycles. The molecule has 1 N–H and O–H groups in total. The fourth-order valence-corrected chi connectivity index (χ4v) is 7.81. The van der Waals surface area contributed by atoms with Crippen molar-refractivity contribution in [2.24, 2.45) is 5.92 Å². The predicted octanol–water partition coefficient (Wildman–Crippen LogP) is 3.85. The van der Waals surface area contributed by atoms with E-state index in [4.69, 9.17) is 4.74 Å². The summed E-state index contributed by atoms with van der Waals surface area (Å²) in [5, 5.41) is 7.28. The van der Waals surface area contributed by atoms with Crippen molar-refractivity contribution in [1.29, 1.82) is 0 Å². The molecule has 2 atom stereocenters. The number of amides is 1. The summed E-state index contributed by atoms with van der Waals surface area (Å²) in [6, 6.07) is 5.26. The average Bonchev–Trinajstić information content (AvgIpc) is 3.36. The zero-order valence-corrected chi connectivity index (χ0v) is 21.6. The van der Waals surface area contributed by atoms with Crippen LogP contribution in [-0.2, 0) is 31.7 Å². The summed E-state index contributed by atoms with van der Waals surface area (Å²) >= 11 is 0. The van der Waals surface area contributed by atoms with Gasteiger partial charge in [0.25, 0.3) is 5.92 Å². The van der Waals surface area contributed by atoms with E-state index in [1.807, 2.05) is 0 Å². The highest BCUT2D eigenvalue weighted by molar-refractivity contribution is 7.91. The largest absolute Gasteiger partial charge is 0.435 e. The maximum Gasteiger partial charge on any atom is 0.387 e. The zero-order valence-electron chi connectivity index (χ0n) is 20.8. The minimum atomic E-state index is -3.45. The van der Waals surface area contributed by atoms with Crippen molar-refractivity contribution in [1.82, 2.24) is 15.1 Å². The molecule has 2 fully saturated rings. The van der Waals surface area contributed by atoms with Crippen LogP contribution in [0.1, 0.15) is 49.9 Å². The number of rotatable bonds is 6. The number of sulfone groups is 1. The first-order valence-electron chi connectivity index (χ1n) is 12.5. The first kappa shape index (κ1) is 26.9. The normalized spacial score (nSPS) is 26.7. The number of alkyl halides is 4. The minimum Gasteiger partial charge on any atom is -0.435 e. The van der Waals surface area contributed by atoms with Gasteiger partial charge in [-0.3, -0.25) is 9.48 Å². The van der Waals surface area contributed by atoms with E-state index in [9.17, 15) is 22.0 Å². The van der Waals surface area contributed by atoms with Gasteiger partial charge >= 0.3 is 6.61 Å². The topological polar surface area (TPSA) is 99.5 Å². The van der Waals surface area contributed by atoms with E-state index in [2.05, 4.69) is 15.2 Å². The van der Waals surface area contributed by atoms with Crippen molar-refractivity contribution < 1.29 is 40.2 Å². The number of fused-ring (bicyclic) bond motifs is 1. The second kappa shape index (κ2) is 9.82.